The molecule has 0 spiro atoms. The summed E-state index contributed by atoms with van der Waals surface area (Å²) in [6.45, 7) is 3.75. The predicted octanol–water partition coefficient (Wildman–Crippen LogP) is 7.19. The number of hydrogen-bond donors (Lipinski definition) is 0. The van der Waals surface area contributed by atoms with Crippen LogP contribution in [0.4, 0.5) is 11.5 Å². The van der Waals surface area contributed by atoms with Crippen LogP contribution in [0.3, 0.4) is 0 Å². The number of amides is 1. The molecule has 8 heteroatoms. The summed E-state index contributed by atoms with van der Waals surface area (Å²) in [7, 11) is 0. The fraction of sp³-hybridized carbons (Fsp3) is 0.280. The van der Waals surface area contributed by atoms with Gasteiger partial charge in [0.2, 0.25) is 5.91 Å². The van der Waals surface area contributed by atoms with Crippen molar-refractivity contribution in [3.05, 3.63) is 98.1 Å². The molecule has 0 saturated carbocycles. The van der Waals surface area contributed by atoms with Gasteiger partial charge in [-0.05, 0) is 61.6 Å². The minimum atomic E-state index is -0.479. The van der Waals surface area contributed by atoms with Crippen LogP contribution in [0.5, 0.6) is 0 Å². The van der Waals surface area contributed by atoms with Gasteiger partial charge >= 0.3 is 0 Å². The molecule has 0 radical (unpaired) electrons. The van der Waals surface area contributed by atoms with Crippen molar-refractivity contribution in [2.24, 2.45) is 5.92 Å². The fourth-order valence-corrected chi connectivity index (χ4v) is 4.18. The third kappa shape index (κ3) is 6.09. The third-order valence-electron chi connectivity index (χ3n) is 5.64. The molecule has 0 aliphatic carbocycles. The Morgan fingerprint density at radius 2 is 1.70 bits per heavy atom. The van der Waals surface area contributed by atoms with Gasteiger partial charge in [0.05, 0.1) is 11.0 Å². The number of carbonyl (C=O) groups excluding carboxylic acids is 1. The number of aromatic nitrogens is 1. The van der Waals surface area contributed by atoms with Crippen LogP contribution in [-0.4, -0.2) is 15.8 Å². The fourth-order valence-electron chi connectivity index (χ4n) is 3.91. The van der Waals surface area contributed by atoms with Gasteiger partial charge in [-0.2, -0.15) is 0 Å². The van der Waals surface area contributed by atoms with E-state index in [2.05, 4.69) is 4.98 Å². The number of nitro groups is 1. The number of anilines is 1. The number of carbonyl (C=O) groups is 1. The highest BCUT2D eigenvalue weighted by molar-refractivity contribution is 6.30. The second kappa shape index (κ2) is 11.3. The highest BCUT2D eigenvalue weighted by Crippen LogP contribution is 2.39. The molecule has 1 aliphatic heterocycles. The maximum atomic E-state index is 13.1. The zero-order valence-corrected chi connectivity index (χ0v) is 20.0. The molecule has 1 fully saturated rings. The summed E-state index contributed by atoms with van der Waals surface area (Å²) in [5.41, 5.74) is 1.52. The lowest BCUT2D eigenvalue weighted by Gasteiger charge is -2.39. The van der Waals surface area contributed by atoms with Crippen molar-refractivity contribution < 1.29 is 9.72 Å². The molecule has 2 atom stereocenters. The van der Waals surface area contributed by atoms with E-state index in [-0.39, 0.29) is 23.6 Å². The van der Waals surface area contributed by atoms with E-state index >= 15 is 0 Å². The van der Waals surface area contributed by atoms with E-state index in [1.165, 1.54) is 12.3 Å². The summed E-state index contributed by atoms with van der Waals surface area (Å²) in [6, 6.07) is 18.2. The van der Waals surface area contributed by atoms with Gasteiger partial charge in [0.25, 0.3) is 5.69 Å². The van der Waals surface area contributed by atoms with Crippen LogP contribution in [0.15, 0.2) is 66.9 Å². The van der Waals surface area contributed by atoms with Gasteiger partial charge < -0.3 is 0 Å². The average Bonchev–Trinajstić information content (AvgIpc) is 2.80. The summed E-state index contributed by atoms with van der Waals surface area (Å²) in [4.78, 5) is 29.6. The summed E-state index contributed by atoms with van der Waals surface area (Å²) in [5.74, 6) is 0.441. The number of halogens is 2. The lowest BCUT2D eigenvalue weighted by molar-refractivity contribution is -0.385. The van der Waals surface area contributed by atoms with Crippen LogP contribution < -0.4 is 4.90 Å². The minimum absolute atomic E-state index is 0.0168. The van der Waals surface area contributed by atoms with Crippen LogP contribution in [-0.2, 0) is 4.79 Å². The highest BCUT2D eigenvalue weighted by atomic mass is 35.5. The summed E-state index contributed by atoms with van der Waals surface area (Å²) >= 11 is 11.5. The SMILES string of the molecule is CC[C@H]1CC[C@@H](c2ccc(Cl)cc2)N(c2ncc([N+](=O)[O-])cc2C)C1=O.Clc1ccccc1. The normalized spacial score (nSPS) is 17.8. The van der Waals surface area contributed by atoms with Crippen molar-refractivity contribution in [3.8, 4) is 0 Å². The highest BCUT2D eigenvalue weighted by Gasteiger charge is 2.37. The zero-order valence-electron chi connectivity index (χ0n) is 18.4. The average molecular weight is 486 g/mol. The summed E-state index contributed by atoms with van der Waals surface area (Å²) in [6.07, 6.45) is 3.59. The van der Waals surface area contributed by atoms with E-state index in [1.807, 2.05) is 61.5 Å². The van der Waals surface area contributed by atoms with Gasteiger partial charge in [-0.3, -0.25) is 19.8 Å². The molecule has 1 aliphatic rings. The van der Waals surface area contributed by atoms with Crippen molar-refractivity contribution in [1.82, 2.24) is 4.98 Å². The van der Waals surface area contributed by atoms with Gasteiger partial charge in [0.15, 0.2) is 0 Å². The van der Waals surface area contributed by atoms with Crippen LogP contribution >= 0.6 is 23.2 Å². The Hall–Kier alpha value is -2.96. The molecule has 0 unspecified atom stereocenters. The number of rotatable bonds is 4. The molecule has 1 saturated heterocycles. The molecule has 2 heterocycles. The number of aryl methyl sites for hydroxylation is 1. The molecule has 3 aromatic rings. The summed E-state index contributed by atoms with van der Waals surface area (Å²) < 4.78 is 0. The quantitative estimate of drug-likeness (QED) is 0.289. The molecule has 0 N–H and O–H groups in total. The van der Waals surface area contributed by atoms with E-state index in [9.17, 15) is 14.9 Å². The monoisotopic (exact) mass is 485 g/mol. The topological polar surface area (TPSA) is 76.3 Å². The molecule has 0 bridgehead atoms. The van der Waals surface area contributed by atoms with Crippen LogP contribution in [0.1, 0.15) is 43.4 Å². The first-order valence-electron chi connectivity index (χ1n) is 10.7. The maximum Gasteiger partial charge on any atom is 0.287 e. The Morgan fingerprint density at radius 1 is 1.06 bits per heavy atom. The van der Waals surface area contributed by atoms with Crippen LogP contribution in [0.25, 0.3) is 0 Å². The molecule has 6 nitrogen and oxygen atoms in total. The Labute approximate surface area is 203 Å². The van der Waals surface area contributed by atoms with Crippen molar-refractivity contribution >= 4 is 40.6 Å². The third-order valence-corrected chi connectivity index (χ3v) is 6.15. The van der Waals surface area contributed by atoms with E-state index in [0.29, 0.717) is 16.4 Å². The molecule has 172 valence electrons. The van der Waals surface area contributed by atoms with Gasteiger partial charge in [0.1, 0.15) is 12.0 Å². The summed E-state index contributed by atoms with van der Waals surface area (Å²) in [5, 5.41) is 12.4. The van der Waals surface area contributed by atoms with E-state index < -0.39 is 4.92 Å². The maximum absolute atomic E-state index is 13.1. The first-order valence-corrected chi connectivity index (χ1v) is 11.5. The predicted molar refractivity (Wildman–Crippen MR) is 132 cm³/mol. The van der Waals surface area contributed by atoms with E-state index in [0.717, 1.165) is 29.8 Å². The van der Waals surface area contributed by atoms with Crippen molar-refractivity contribution in [2.45, 2.75) is 39.2 Å². The lowest BCUT2D eigenvalue weighted by Crippen LogP contribution is -2.44. The largest absolute Gasteiger partial charge is 0.289 e. The van der Waals surface area contributed by atoms with Gasteiger partial charge in [-0.1, -0.05) is 60.5 Å². The Balaban J connectivity index is 0.000000374. The van der Waals surface area contributed by atoms with Crippen molar-refractivity contribution in [2.75, 3.05) is 4.90 Å². The number of piperidine rings is 1. The molecule has 1 aromatic heterocycles. The first kappa shape index (κ1) is 24.7. The first-order chi connectivity index (χ1) is 15.8. The minimum Gasteiger partial charge on any atom is -0.289 e. The molecule has 2 aromatic carbocycles. The van der Waals surface area contributed by atoms with Crippen LogP contribution in [0, 0.1) is 23.0 Å². The zero-order chi connectivity index (χ0) is 24.0. The van der Waals surface area contributed by atoms with E-state index in [1.54, 1.807) is 11.8 Å². The van der Waals surface area contributed by atoms with Gasteiger partial charge in [-0.15, -0.1) is 0 Å². The van der Waals surface area contributed by atoms with Crippen molar-refractivity contribution in [1.29, 1.82) is 0 Å². The molecular formula is C25H25Cl2N3O3. The van der Waals surface area contributed by atoms with Crippen molar-refractivity contribution in [3.63, 3.8) is 0 Å². The Kier molecular flexibility index (Phi) is 8.42. The number of benzene rings is 2. The second-order valence-corrected chi connectivity index (χ2v) is 8.72. The van der Waals surface area contributed by atoms with E-state index in [4.69, 9.17) is 23.2 Å². The molecule has 1 amide bonds. The molecule has 33 heavy (non-hydrogen) atoms. The molecular weight excluding hydrogens is 461 g/mol. The number of nitrogens with zero attached hydrogens (tertiary/aromatic N) is 3. The number of hydrogen-bond acceptors (Lipinski definition) is 4. The number of pyridine rings is 1. The Bertz CT molecular complexity index is 1110. The Morgan fingerprint density at radius 3 is 2.21 bits per heavy atom. The second-order valence-electron chi connectivity index (χ2n) is 7.84. The lowest BCUT2D eigenvalue weighted by atomic mass is 9.86. The standard InChI is InChI=1S/C19H20ClN3O3.C6H5Cl/c1-3-13-6-9-17(14-4-7-15(20)8-5-14)22(19(13)24)18-12(2)10-16(11-21-18)23(25)26;7-6-4-2-1-3-5-6/h4-5,7-8,10-11,13,17H,3,6,9H2,1-2H3;1-5H/t13-,17-;/m0./s1. The van der Waals surface area contributed by atoms with Gasteiger partial charge in [-0.25, -0.2) is 4.98 Å². The molecule has 4 rings (SSSR count). The smallest absolute Gasteiger partial charge is 0.287 e. The van der Waals surface area contributed by atoms with Gasteiger partial charge in [0, 0.05) is 22.0 Å². The van der Waals surface area contributed by atoms with Crippen LogP contribution in [0.2, 0.25) is 10.0 Å².